The van der Waals surface area contributed by atoms with E-state index in [4.69, 9.17) is 4.74 Å². The van der Waals surface area contributed by atoms with E-state index in [2.05, 4.69) is 5.32 Å². The second-order valence-electron chi connectivity index (χ2n) is 7.11. The molecule has 0 bridgehead atoms. The number of nitrogens with one attached hydrogen (secondary N) is 1. The van der Waals surface area contributed by atoms with Crippen LogP contribution in [0.2, 0.25) is 0 Å². The van der Waals surface area contributed by atoms with Crippen LogP contribution >= 0.6 is 0 Å². The number of hydrogen-bond acceptors (Lipinski definition) is 4. The second-order valence-corrected chi connectivity index (χ2v) is 7.11. The predicted molar refractivity (Wildman–Crippen MR) is 91.4 cm³/mol. The standard InChI is InChI=1S/C17H29N3O4/c1-13(2)12-15(22)20-10-8-19(9-11-20)14(21)6-7-18-16(23)24-17(3,4)5/h12H,6-11H2,1-5H3,(H,18,23). The Bertz CT molecular complexity index is 496. The van der Waals surface area contributed by atoms with Crippen molar-refractivity contribution < 1.29 is 19.1 Å². The van der Waals surface area contributed by atoms with Gasteiger partial charge in [-0.25, -0.2) is 4.79 Å². The molecule has 0 unspecified atom stereocenters. The average molecular weight is 339 g/mol. The lowest BCUT2D eigenvalue weighted by atomic mass is 10.2. The minimum absolute atomic E-state index is 0.00584. The maximum atomic E-state index is 12.1. The topological polar surface area (TPSA) is 79.0 Å². The number of amides is 3. The molecule has 0 aromatic heterocycles. The van der Waals surface area contributed by atoms with Gasteiger partial charge in [0, 0.05) is 45.2 Å². The summed E-state index contributed by atoms with van der Waals surface area (Å²) in [4.78, 5) is 39.1. The molecule has 7 heteroatoms. The first-order valence-corrected chi connectivity index (χ1v) is 8.27. The number of alkyl carbamates (subject to hydrolysis) is 1. The molecule has 0 radical (unpaired) electrons. The normalized spacial score (nSPS) is 14.9. The summed E-state index contributed by atoms with van der Waals surface area (Å²) in [5.74, 6) is -0.0333. The van der Waals surface area contributed by atoms with E-state index in [9.17, 15) is 14.4 Å². The minimum atomic E-state index is -0.553. The summed E-state index contributed by atoms with van der Waals surface area (Å²) in [5.41, 5.74) is 0.411. The van der Waals surface area contributed by atoms with Gasteiger partial charge in [0.05, 0.1) is 0 Å². The van der Waals surface area contributed by atoms with Gasteiger partial charge in [-0.2, -0.15) is 0 Å². The maximum absolute atomic E-state index is 12.1. The molecule has 1 aliphatic heterocycles. The summed E-state index contributed by atoms with van der Waals surface area (Å²) in [6.45, 7) is 11.5. The van der Waals surface area contributed by atoms with E-state index in [0.717, 1.165) is 5.57 Å². The molecule has 0 spiro atoms. The van der Waals surface area contributed by atoms with Crippen LogP contribution in [0, 0.1) is 0 Å². The molecule has 1 fully saturated rings. The Morgan fingerprint density at radius 1 is 1.04 bits per heavy atom. The molecule has 24 heavy (non-hydrogen) atoms. The highest BCUT2D eigenvalue weighted by atomic mass is 16.6. The Labute approximate surface area is 144 Å². The van der Waals surface area contributed by atoms with E-state index in [1.165, 1.54) is 0 Å². The van der Waals surface area contributed by atoms with E-state index < -0.39 is 11.7 Å². The van der Waals surface area contributed by atoms with Crippen molar-refractivity contribution in [2.75, 3.05) is 32.7 Å². The Balaban J connectivity index is 2.30. The lowest BCUT2D eigenvalue weighted by Gasteiger charge is -2.34. The van der Waals surface area contributed by atoms with Crippen molar-refractivity contribution in [2.45, 2.75) is 46.6 Å². The van der Waals surface area contributed by atoms with E-state index in [1.807, 2.05) is 13.8 Å². The van der Waals surface area contributed by atoms with E-state index in [1.54, 1.807) is 36.6 Å². The van der Waals surface area contributed by atoms with Gasteiger partial charge in [-0.3, -0.25) is 9.59 Å². The van der Waals surface area contributed by atoms with Crippen molar-refractivity contribution in [3.8, 4) is 0 Å². The van der Waals surface area contributed by atoms with Crippen LogP contribution in [0.1, 0.15) is 41.0 Å². The zero-order chi connectivity index (χ0) is 18.3. The monoisotopic (exact) mass is 339 g/mol. The molecule has 1 aliphatic rings. The number of ether oxygens (including phenoxy) is 1. The summed E-state index contributed by atoms with van der Waals surface area (Å²) < 4.78 is 5.11. The van der Waals surface area contributed by atoms with Gasteiger partial charge in [-0.15, -0.1) is 0 Å². The molecule has 0 saturated carbocycles. The molecule has 0 atom stereocenters. The van der Waals surface area contributed by atoms with Gasteiger partial charge in [0.25, 0.3) is 0 Å². The zero-order valence-corrected chi connectivity index (χ0v) is 15.3. The third-order valence-corrected chi connectivity index (χ3v) is 3.36. The number of hydrogen-bond donors (Lipinski definition) is 1. The van der Waals surface area contributed by atoms with Crippen LogP contribution in [-0.4, -0.2) is 66.0 Å². The van der Waals surface area contributed by atoms with Crippen molar-refractivity contribution in [1.82, 2.24) is 15.1 Å². The number of nitrogens with zero attached hydrogens (tertiary/aromatic N) is 2. The fraction of sp³-hybridized carbons (Fsp3) is 0.706. The summed E-state index contributed by atoms with van der Waals surface area (Å²) in [5, 5.41) is 2.58. The Morgan fingerprint density at radius 2 is 1.58 bits per heavy atom. The van der Waals surface area contributed by atoms with Crippen molar-refractivity contribution in [3.63, 3.8) is 0 Å². The maximum Gasteiger partial charge on any atom is 0.407 e. The third kappa shape index (κ3) is 7.48. The molecule has 1 saturated heterocycles. The van der Waals surface area contributed by atoms with Gasteiger partial charge in [-0.05, 0) is 34.6 Å². The van der Waals surface area contributed by atoms with Crippen molar-refractivity contribution >= 4 is 17.9 Å². The second kappa shape index (κ2) is 8.70. The molecular formula is C17H29N3O4. The van der Waals surface area contributed by atoms with Crippen LogP contribution in [0.15, 0.2) is 11.6 Å². The molecule has 1 N–H and O–H groups in total. The van der Waals surface area contributed by atoms with Crippen LogP contribution in [0.5, 0.6) is 0 Å². The fourth-order valence-corrected chi connectivity index (χ4v) is 2.26. The highest BCUT2D eigenvalue weighted by Crippen LogP contribution is 2.07. The first-order valence-electron chi connectivity index (χ1n) is 8.27. The van der Waals surface area contributed by atoms with Crippen molar-refractivity contribution in [2.24, 2.45) is 0 Å². The van der Waals surface area contributed by atoms with Gasteiger partial charge in [0.2, 0.25) is 11.8 Å². The molecule has 3 amide bonds. The minimum Gasteiger partial charge on any atom is -0.444 e. The first kappa shape index (κ1) is 20.0. The summed E-state index contributed by atoms with van der Waals surface area (Å²) in [6.07, 6.45) is 1.32. The van der Waals surface area contributed by atoms with Crippen molar-refractivity contribution in [3.05, 3.63) is 11.6 Å². The predicted octanol–water partition coefficient (Wildman–Crippen LogP) is 1.54. The van der Waals surface area contributed by atoms with E-state index in [-0.39, 0.29) is 24.8 Å². The Morgan fingerprint density at radius 3 is 2.08 bits per heavy atom. The van der Waals surface area contributed by atoms with Crippen molar-refractivity contribution in [1.29, 1.82) is 0 Å². The summed E-state index contributed by atoms with van der Waals surface area (Å²) in [7, 11) is 0. The smallest absolute Gasteiger partial charge is 0.407 e. The fourth-order valence-electron chi connectivity index (χ4n) is 2.26. The van der Waals surface area contributed by atoms with Gasteiger partial charge < -0.3 is 19.9 Å². The molecule has 0 aliphatic carbocycles. The molecule has 136 valence electrons. The SMILES string of the molecule is CC(C)=CC(=O)N1CCN(C(=O)CCNC(=O)OC(C)(C)C)CC1. The van der Waals surface area contributed by atoms with Gasteiger partial charge in [0.1, 0.15) is 5.60 Å². The van der Waals surface area contributed by atoms with Crippen LogP contribution in [0.3, 0.4) is 0 Å². The number of rotatable bonds is 4. The summed E-state index contributed by atoms with van der Waals surface area (Å²) in [6, 6.07) is 0. The van der Waals surface area contributed by atoms with Gasteiger partial charge >= 0.3 is 6.09 Å². The first-order chi connectivity index (χ1) is 11.1. The molecule has 0 aromatic carbocycles. The highest BCUT2D eigenvalue weighted by molar-refractivity contribution is 5.88. The van der Waals surface area contributed by atoms with Crippen LogP contribution in [0.25, 0.3) is 0 Å². The molecule has 1 rings (SSSR count). The lowest BCUT2D eigenvalue weighted by Crippen LogP contribution is -2.50. The quantitative estimate of drug-likeness (QED) is 0.788. The molecule has 7 nitrogen and oxygen atoms in total. The largest absolute Gasteiger partial charge is 0.444 e. The van der Waals surface area contributed by atoms with E-state index in [0.29, 0.717) is 26.2 Å². The summed E-state index contributed by atoms with van der Waals surface area (Å²) >= 11 is 0. The number of allylic oxidation sites excluding steroid dienone is 1. The van der Waals surface area contributed by atoms with E-state index >= 15 is 0 Å². The Hall–Kier alpha value is -2.05. The van der Waals surface area contributed by atoms with Crippen LogP contribution in [-0.2, 0) is 14.3 Å². The highest BCUT2D eigenvalue weighted by Gasteiger charge is 2.23. The van der Waals surface area contributed by atoms with Gasteiger partial charge in [-0.1, -0.05) is 5.57 Å². The average Bonchev–Trinajstić information content (AvgIpc) is 2.44. The number of piperazine rings is 1. The zero-order valence-electron chi connectivity index (χ0n) is 15.3. The number of carbonyl (C=O) groups is 3. The Kier molecular flexibility index (Phi) is 7.25. The molecular weight excluding hydrogens is 310 g/mol. The molecule has 0 aromatic rings. The van der Waals surface area contributed by atoms with Crippen LogP contribution < -0.4 is 5.32 Å². The number of carbonyl (C=O) groups excluding carboxylic acids is 3. The van der Waals surface area contributed by atoms with Crippen LogP contribution in [0.4, 0.5) is 4.79 Å². The lowest BCUT2D eigenvalue weighted by molar-refractivity contribution is -0.137. The third-order valence-electron chi connectivity index (χ3n) is 3.36. The molecule has 1 heterocycles. The van der Waals surface area contributed by atoms with Gasteiger partial charge in [0.15, 0.2) is 0 Å².